The molecule has 0 aliphatic heterocycles. The van der Waals surface area contributed by atoms with Crippen LogP contribution in [0.25, 0.3) is 0 Å². The number of hydrogen-bond acceptors (Lipinski definition) is 2. The van der Waals surface area contributed by atoms with Gasteiger partial charge in [-0.2, -0.15) is 0 Å². The molecule has 20 heavy (non-hydrogen) atoms. The normalized spacial score (nSPS) is 9.90. The molecule has 0 aliphatic rings. The molecule has 114 valence electrons. The third-order valence-corrected chi connectivity index (χ3v) is 3.34. The summed E-state index contributed by atoms with van der Waals surface area (Å²) < 4.78 is 0. The Morgan fingerprint density at radius 3 is 1.40 bits per heavy atom. The molecular weight excluding hydrogens is 252 g/mol. The van der Waals surface area contributed by atoms with Gasteiger partial charge in [-0.3, -0.25) is 9.59 Å². The number of rotatable bonds is 11. The Bertz CT molecular complexity index is 294. The molecule has 0 fully saturated rings. The van der Waals surface area contributed by atoms with Crippen LogP contribution in [0.4, 0.5) is 0 Å². The third-order valence-electron chi connectivity index (χ3n) is 3.34. The molecule has 4 heteroatoms. The zero-order valence-corrected chi connectivity index (χ0v) is 12.9. The van der Waals surface area contributed by atoms with Crippen LogP contribution in [0.2, 0.25) is 0 Å². The number of amides is 2. The number of likely N-dealkylation sites (N-methyl/N-ethyl adjacent to an activating group) is 2. The molecule has 0 aromatic rings. The monoisotopic (exact) mass is 280 g/mol. The van der Waals surface area contributed by atoms with E-state index in [1.54, 1.807) is 9.80 Å². The molecule has 0 spiro atoms. The fourth-order valence-electron chi connectivity index (χ4n) is 2.07. The fraction of sp³-hybridized carbons (Fsp3) is 0.625. The van der Waals surface area contributed by atoms with Gasteiger partial charge in [0.05, 0.1) is 0 Å². The largest absolute Gasteiger partial charge is 0.339 e. The minimum Gasteiger partial charge on any atom is -0.339 e. The van der Waals surface area contributed by atoms with E-state index >= 15 is 0 Å². The predicted molar refractivity (Wildman–Crippen MR) is 83.4 cm³/mol. The summed E-state index contributed by atoms with van der Waals surface area (Å²) in [6.07, 6.45) is 6.86. The summed E-state index contributed by atoms with van der Waals surface area (Å²) in [5.74, 6) is 0.00229. The van der Waals surface area contributed by atoms with E-state index in [-0.39, 0.29) is 11.8 Å². The zero-order valence-electron chi connectivity index (χ0n) is 12.9. The van der Waals surface area contributed by atoms with E-state index in [1.807, 2.05) is 13.8 Å². The summed E-state index contributed by atoms with van der Waals surface area (Å²) in [5.41, 5.74) is 0. The zero-order chi connectivity index (χ0) is 15.4. The summed E-state index contributed by atoms with van der Waals surface area (Å²) in [4.78, 5) is 26.5. The van der Waals surface area contributed by atoms with Crippen LogP contribution in [0.3, 0.4) is 0 Å². The van der Waals surface area contributed by atoms with E-state index in [0.717, 1.165) is 51.9 Å². The minimum atomic E-state index is 0.00115. The number of carbonyl (C=O) groups excluding carboxylic acids is 2. The Kier molecular flexibility index (Phi) is 10.4. The van der Waals surface area contributed by atoms with Gasteiger partial charge in [-0.1, -0.05) is 26.0 Å². The lowest BCUT2D eigenvalue weighted by molar-refractivity contribution is -0.126. The molecule has 0 radical (unpaired) electrons. The van der Waals surface area contributed by atoms with Gasteiger partial charge in [-0.15, -0.1) is 0 Å². The molecular formula is C16H28N2O2. The van der Waals surface area contributed by atoms with Crippen molar-refractivity contribution in [1.82, 2.24) is 9.80 Å². The molecule has 0 bridgehead atoms. The van der Waals surface area contributed by atoms with Crippen LogP contribution >= 0.6 is 0 Å². The lowest BCUT2D eigenvalue weighted by Crippen LogP contribution is -2.30. The van der Waals surface area contributed by atoms with Crippen LogP contribution < -0.4 is 0 Å². The van der Waals surface area contributed by atoms with Crippen LogP contribution in [0, 0.1) is 0 Å². The van der Waals surface area contributed by atoms with E-state index < -0.39 is 0 Å². The van der Waals surface area contributed by atoms with E-state index in [1.165, 1.54) is 12.2 Å². The molecule has 0 N–H and O–H groups in total. The molecule has 0 rings (SSSR count). The van der Waals surface area contributed by atoms with Crippen molar-refractivity contribution in [2.75, 3.05) is 26.2 Å². The Balaban J connectivity index is 3.76. The van der Waals surface area contributed by atoms with Gasteiger partial charge in [-0.05, 0) is 38.8 Å². The maximum atomic E-state index is 11.5. The van der Waals surface area contributed by atoms with Crippen LogP contribution in [0.5, 0.6) is 0 Å². The van der Waals surface area contributed by atoms with Gasteiger partial charge in [0, 0.05) is 26.2 Å². The Labute approximate surface area is 123 Å². The van der Waals surface area contributed by atoms with E-state index in [9.17, 15) is 9.59 Å². The standard InChI is InChI=1S/C16H28N2O2/c1-5-15(19)17(7-3)13-11-9-10-12-14-18(8-4)16(20)6-2/h5-6H,1-2,7-14H2,3-4H3. The first-order valence-corrected chi connectivity index (χ1v) is 7.43. The smallest absolute Gasteiger partial charge is 0.245 e. The van der Waals surface area contributed by atoms with Crippen molar-refractivity contribution in [3.8, 4) is 0 Å². The first-order chi connectivity index (χ1) is 9.60. The summed E-state index contributed by atoms with van der Waals surface area (Å²) in [7, 11) is 0. The number of unbranched alkanes of at least 4 members (excludes halogenated alkanes) is 3. The third kappa shape index (κ3) is 7.12. The van der Waals surface area contributed by atoms with Crippen molar-refractivity contribution >= 4 is 11.8 Å². The number of nitrogens with zero attached hydrogens (tertiary/aromatic N) is 2. The molecule has 2 amide bonds. The van der Waals surface area contributed by atoms with Crippen LogP contribution in [0.15, 0.2) is 25.3 Å². The van der Waals surface area contributed by atoms with Gasteiger partial charge in [0.2, 0.25) is 11.8 Å². The Morgan fingerprint density at radius 2 is 1.15 bits per heavy atom. The number of hydrogen-bond donors (Lipinski definition) is 0. The first-order valence-electron chi connectivity index (χ1n) is 7.43. The summed E-state index contributed by atoms with van der Waals surface area (Å²) in [5, 5.41) is 0. The molecule has 0 aromatic heterocycles. The van der Waals surface area contributed by atoms with Crippen molar-refractivity contribution in [2.45, 2.75) is 39.5 Å². The van der Waals surface area contributed by atoms with E-state index in [2.05, 4.69) is 13.2 Å². The molecule has 0 aromatic carbocycles. The second kappa shape index (κ2) is 11.3. The van der Waals surface area contributed by atoms with Gasteiger partial charge in [0.1, 0.15) is 0 Å². The Morgan fingerprint density at radius 1 is 0.800 bits per heavy atom. The highest BCUT2D eigenvalue weighted by Crippen LogP contribution is 2.04. The lowest BCUT2D eigenvalue weighted by Gasteiger charge is -2.20. The quantitative estimate of drug-likeness (QED) is 0.431. The topological polar surface area (TPSA) is 40.6 Å². The molecule has 0 atom stereocenters. The summed E-state index contributed by atoms with van der Waals surface area (Å²) in [6.45, 7) is 14.0. The van der Waals surface area contributed by atoms with Crippen LogP contribution in [0.1, 0.15) is 39.5 Å². The second-order valence-electron chi connectivity index (χ2n) is 4.66. The molecule has 4 nitrogen and oxygen atoms in total. The molecule has 0 saturated carbocycles. The van der Waals surface area contributed by atoms with Crippen molar-refractivity contribution in [3.05, 3.63) is 25.3 Å². The van der Waals surface area contributed by atoms with Gasteiger partial charge in [-0.25, -0.2) is 0 Å². The minimum absolute atomic E-state index is 0.00115. The SMILES string of the molecule is C=CC(=O)N(CC)CCCCCCN(CC)C(=O)C=C. The van der Waals surface area contributed by atoms with Crippen molar-refractivity contribution in [2.24, 2.45) is 0 Å². The number of carbonyl (C=O) groups is 2. The van der Waals surface area contributed by atoms with Gasteiger partial charge >= 0.3 is 0 Å². The fourth-order valence-corrected chi connectivity index (χ4v) is 2.07. The van der Waals surface area contributed by atoms with Crippen molar-refractivity contribution in [1.29, 1.82) is 0 Å². The van der Waals surface area contributed by atoms with Crippen molar-refractivity contribution in [3.63, 3.8) is 0 Å². The average Bonchev–Trinajstić information content (AvgIpc) is 2.48. The summed E-state index contributed by atoms with van der Waals surface area (Å²) in [6, 6.07) is 0. The van der Waals surface area contributed by atoms with Crippen LogP contribution in [-0.4, -0.2) is 47.8 Å². The van der Waals surface area contributed by atoms with Crippen LogP contribution in [-0.2, 0) is 9.59 Å². The Hall–Kier alpha value is -1.58. The molecule has 0 saturated heterocycles. The molecule has 0 unspecified atom stereocenters. The second-order valence-corrected chi connectivity index (χ2v) is 4.66. The van der Waals surface area contributed by atoms with Gasteiger partial charge < -0.3 is 9.80 Å². The maximum Gasteiger partial charge on any atom is 0.245 e. The lowest BCUT2D eigenvalue weighted by atomic mass is 10.1. The predicted octanol–water partition coefficient (Wildman–Crippen LogP) is 2.62. The maximum absolute atomic E-state index is 11.5. The average molecular weight is 280 g/mol. The molecule has 0 heterocycles. The summed E-state index contributed by atoms with van der Waals surface area (Å²) >= 11 is 0. The highest BCUT2D eigenvalue weighted by atomic mass is 16.2. The molecule has 0 aliphatic carbocycles. The van der Waals surface area contributed by atoms with E-state index in [4.69, 9.17) is 0 Å². The van der Waals surface area contributed by atoms with Gasteiger partial charge in [0.15, 0.2) is 0 Å². The van der Waals surface area contributed by atoms with Crippen molar-refractivity contribution < 1.29 is 9.59 Å². The van der Waals surface area contributed by atoms with Gasteiger partial charge in [0.25, 0.3) is 0 Å². The first kappa shape index (κ1) is 18.4. The van der Waals surface area contributed by atoms with E-state index in [0.29, 0.717) is 0 Å². The highest BCUT2D eigenvalue weighted by Gasteiger charge is 2.08. The highest BCUT2D eigenvalue weighted by molar-refractivity contribution is 5.87.